The Kier molecular flexibility index (Phi) is 5.52. The first-order chi connectivity index (χ1) is 11.1. The van der Waals surface area contributed by atoms with Gasteiger partial charge in [-0.3, -0.25) is 4.79 Å². The third-order valence-electron chi connectivity index (χ3n) is 4.49. The molecule has 0 aromatic carbocycles. The van der Waals surface area contributed by atoms with Gasteiger partial charge in [-0.25, -0.2) is 13.4 Å². The fourth-order valence-electron chi connectivity index (χ4n) is 2.91. The molecule has 134 valence electrons. The Hall–Kier alpha value is -1.63. The summed E-state index contributed by atoms with van der Waals surface area (Å²) in [5, 5.41) is 0.112. The Bertz CT molecular complexity index is 678. The lowest BCUT2D eigenvalue weighted by atomic mass is 9.93. The van der Waals surface area contributed by atoms with Gasteiger partial charge in [-0.05, 0) is 58.1 Å². The number of carbonyl (C=O) groups excluding carboxylic acids is 1. The molecular formula is C17H27N3O3S. The van der Waals surface area contributed by atoms with Gasteiger partial charge < -0.3 is 10.6 Å². The number of pyridine rings is 1. The average Bonchev–Trinajstić information content (AvgIpc) is 2.52. The minimum absolute atomic E-state index is 0.112. The number of hydrogen-bond donors (Lipinski definition) is 1. The van der Waals surface area contributed by atoms with Crippen molar-refractivity contribution in [2.24, 2.45) is 11.7 Å². The van der Waals surface area contributed by atoms with E-state index in [0.29, 0.717) is 12.3 Å². The highest BCUT2D eigenvalue weighted by atomic mass is 32.2. The van der Waals surface area contributed by atoms with Crippen LogP contribution in [0.15, 0.2) is 23.4 Å². The van der Waals surface area contributed by atoms with E-state index < -0.39 is 14.6 Å². The zero-order valence-electron chi connectivity index (χ0n) is 14.7. The summed E-state index contributed by atoms with van der Waals surface area (Å²) in [6.45, 7) is 6.78. The fourth-order valence-corrected chi connectivity index (χ4v) is 3.98. The molecule has 0 radical (unpaired) electrons. The Labute approximate surface area is 144 Å². The van der Waals surface area contributed by atoms with Gasteiger partial charge in [-0.1, -0.05) is 0 Å². The van der Waals surface area contributed by atoms with Crippen molar-refractivity contribution in [2.75, 3.05) is 18.0 Å². The zero-order chi connectivity index (χ0) is 18.0. The first kappa shape index (κ1) is 18.7. The van der Waals surface area contributed by atoms with Crippen LogP contribution in [-0.2, 0) is 14.6 Å². The predicted molar refractivity (Wildman–Crippen MR) is 94.5 cm³/mol. The standard InChI is InChI=1S/C17H27N3O3S/c1-17(2,3)24(22,23)16-9-7-14(11-19-16)20-10-4-5-13(12-20)6-8-15(18)21/h7,9,11,13H,4-6,8,10,12H2,1-3H3,(H2,18,21). The maximum absolute atomic E-state index is 12.4. The van der Waals surface area contributed by atoms with Crippen LogP contribution in [-0.4, -0.2) is 37.1 Å². The molecule has 1 aliphatic rings. The van der Waals surface area contributed by atoms with Crippen LogP contribution in [0, 0.1) is 5.92 Å². The molecule has 1 unspecified atom stereocenters. The van der Waals surface area contributed by atoms with Crippen molar-refractivity contribution in [1.82, 2.24) is 4.98 Å². The fraction of sp³-hybridized carbons (Fsp3) is 0.647. The Morgan fingerprint density at radius 3 is 2.62 bits per heavy atom. The van der Waals surface area contributed by atoms with Gasteiger partial charge in [0.15, 0.2) is 14.9 Å². The molecule has 1 saturated heterocycles. The summed E-state index contributed by atoms with van der Waals surface area (Å²) in [4.78, 5) is 17.3. The van der Waals surface area contributed by atoms with Crippen molar-refractivity contribution in [1.29, 1.82) is 0 Å². The van der Waals surface area contributed by atoms with Crippen molar-refractivity contribution < 1.29 is 13.2 Å². The third kappa shape index (κ3) is 4.26. The van der Waals surface area contributed by atoms with Gasteiger partial charge in [-0.2, -0.15) is 0 Å². The van der Waals surface area contributed by atoms with E-state index in [4.69, 9.17) is 5.73 Å². The van der Waals surface area contributed by atoms with E-state index in [9.17, 15) is 13.2 Å². The number of hydrogen-bond acceptors (Lipinski definition) is 5. The van der Waals surface area contributed by atoms with Crippen molar-refractivity contribution >= 4 is 21.4 Å². The summed E-state index contributed by atoms with van der Waals surface area (Å²) in [6.07, 6.45) is 4.99. The molecule has 0 bridgehead atoms. The number of primary amides is 1. The molecule has 7 heteroatoms. The molecule has 1 aliphatic heterocycles. The first-order valence-electron chi connectivity index (χ1n) is 8.35. The molecule has 1 atom stereocenters. The summed E-state index contributed by atoms with van der Waals surface area (Å²) in [6, 6.07) is 3.41. The minimum Gasteiger partial charge on any atom is -0.370 e. The first-order valence-corrected chi connectivity index (χ1v) is 9.83. The number of aromatic nitrogens is 1. The van der Waals surface area contributed by atoms with Gasteiger partial charge in [0.25, 0.3) is 0 Å². The van der Waals surface area contributed by atoms with Crippen LogP contribution < -0.4 is 10.6 Å². The quantitative estimate of drug-likeness (QED) is 0.875. The molecule has 6 nitrogen and oxygen atoms in total. The number of sulfone groups is 1. The van der Waals surface area contributed by atoms with Crippen LogP contribution >= 0.6 is 0 Å². The molecule has 0 aliphatic carbocycles. The molecule has 24 heavy (non-hydrogen) atoms. The highest BCUT2D eigenvalue weighted by Crippen LogP contribution is 2.28. The monoisotopic (exact) mass is 353 g/mol. The SMILES string of the molecule is CC(C)(C)S(=O)(=O)c1ccc(N2CCCC(CCC(N)=O)C2)cn1. The summed E-state index contributed by atoms with van der Waals surface area (Å²) < 4.78 is 24.0. The number of nitrogens with two attached hydrogens (primary N) is 1. The summed E-state index contributed by atoms with van der Waals surface area (Å²) >= 11 is 0. The molecule has 2 N–H and O–H groups in total. The highest BCUT2D eigenvalue weighted by molar-refractivity contribution is 7.92. The maximum atomic E-state index is 12.4. The van der Waals surface area contributed by atoms with Crippen LogP contribution in [0.3, 0.4) is 0 Å². The van der Waals surface area contributed by atoms with E-state index in [1.807, 2.05) is 6.07 Å². The van der Waals surface area contributed by atoms with Gasteiger partial charge in [0.05, 0.1) is 16.6 Å². The smallest absolute Gasteiger partial charge is 0.217 e. The van der Waals surface area contributed by atoms with Crippen LogP contribution in [0.2, 0.25) is 0 Å². The summed E-state index contributed by atoms with van der Waals surface area (Å²) in [5.41, 5.74) is 6.15. The Morgan fingerprint density at radius 1 is 1.38 bits per heavy atom. The van der Waals surface area contributed by atoms with E-state index in [0.717, 1.165) is 38.0 Å². The highest BCUT2D eigenvalue weighted by Gasteiger charge is 2.32. The second-order valence-electron chi connectivity index (χ2n) is 7.43. The summed E-state index contributed by atoms with van der Waals surface area (Å²) in [5.74, 6) is 0.176. The molecule has 1 amide bonds. The van der Waals surface area contributed by atoms with Gasteiger partial charge in [-0.15, -0.1) is 0 Å². The van der Waals surface area contributed by atoms with Crippen LogP contribution in [0.25, 0.3) is 0 Å². The lowest BCUT2D eigenvalue weighted by Crippen LogP contribution is -2.36. The van der Waals surface area contributed by atoms with E-state index in [1.165, 1.54) is 0 Å². The van der Waals surface area contributed by atoms with E-state index in [-0.39, 0.29) is 10.9 Å². The van der Waals surface area contributed by atoms with Gasteiger partial charge in [0.2, 0.25) is 5.91 Å². The number of rotatable bonds is 5. The molecule has 0 spiro atoms. The number of carbonyl (C=O) groups is 1. The van der Waals surface area contributed by atoms with Gasteiger partial charge in [0, 0.05) is 19.5 Å². The van der Waals surface area contributed by atoms with Gasteiger partial charge in [0.1, 0.15) is 0 Å². The lowest BCUT2D eigenvalue weighted by molar-refractivity contribution is -0.118. The van der Waals surface area contributed by atoms with Crippen LogP contribution in [0.5, 0.6) is 0 Å². The molecule has 2 heterocycles. The predicted octanol–water partition coefficient (Wildman–Crippen LogP) is 2.14. The molecule has 1 aromatic rings. The Balaban J connectivity index is 2.09. The number of amides is 1. The van der Waals surface area contributed by atoms with E-state index in [2.05, 4.69) is 9.88 Å². The number of anilines is 1. The number of piperidine rings is 1. The molecular weight excluding hydrogens is 326 g/mol. The summed E-state index contributed by atoms with van der Waals surface area (Å²) in [7, 11) is -3.43. The van der Waals surface area contributed by atoms with E-state index >= 15 is 0 Å². The van der Waals surface area contributed by atoms with Crippen LogP contribution in [0.1, 0.15) is 46.5 Å². The third-order valence-corrected chi connectivity index (χ3v) is 6.89. The normalized spacial score (nSPS) is 19.3. The topological polar surface area (TPSA) is 93.4 Å². The van der Waals surface area contributed by atoms with Crippen molar-refractivity contribution in [3.8, 4) is 0 Å². The minimum atomic E-state index is -3.43. The second kappa shape index (κ2) is 7.09. The average molecular weight is 353 g/mol. The van der Waals surface area contributed by atoms with Crippen molar-refractivity contribution in [3.63, 3.8) is 0 Å². The van der Waals surface area contributed by atoms with E-state index in [1.54, 1.807) is 33.0 Å². The van der Waals surface area contributed by atoms with Gasteiger partial charge >= 0.3 is 0 Å². The van der Waals surface area contributed by atoms with Crippen molar-refractivity contribution in [3.05, 3.63) is 18.3 Å². The Morgan fingerprint density at radius 2 is 2.08 bits per heavy atom. The molecule has 1 aromatic heterocycles. The lowest BCUT2D eigenvalue weighted by Gasteiger charge is -2.34. The molecule has 0 saturated carbocycles. The molecule has 2 rings (SSSR count). The number of nitrogens with zero attached hydrogens (tertiary/aromatic N) is 2. The largest absolute Gasteiger partial charge is 0.370 e. The maximum Gasteiger partial charge on any atom is 0.217 e. The zero-order valence-corrected chi connectivity index (χ0v) is 15.5. The molecule has 1 fully saturated rings. The van der Waals surface area contributed by atoms with Crippen LogP contribution in [0.4, 0.5) is 5.69 Å². The second-order valence-corrected chi connectivity index (χ2v) is 10.1. The van der Waals surface area contributed by atoms with Crippen molar-refractivity contribution in [2.45, 2.75) is 56.2 Å².